The largest absolute Gasteiger partial charge is 0.482 e. The SMILES string of the molecule is CC#CC(=O)N1C[C@@H](O)[C@H](Oc2cnn(Cc3ccccc3)c2)C1. The van der Waals surface area contributed by atoms with Crippen LogP contribution in [0.15, 0.2) is 42.7 Å². The molecule has 0 unspecified atom stereocenters. The van der Waals surface area contributed by atoms with Crippen molar-refractivity contribution in [2.75, 3.05) is 13.1 Å². The molecular formula is C18H19N3O3. The lowest BCUT2D eigenvalue weighted by Gasteiger charge is -2.14. The van der Waals surface area contributed by atoms with E-state index in [4.69, 9.17) is 4.74 Å². The number of carbonyl (C=O) groups is 1. The average Bonchev–Trinajstić information content (AvgIpc) is 3.16. The molecule has 1 saturated heterocycles. The fraction of sp³-hybridized carbons (Fsp3) is 0.333. The van der Waals surface area contributed by atoms with Crippen LogP contribution in [-0.2, 0) is 11.3 Å². The minimum Gasteiger partial charge on any atom is -0.482 e. The molecule has 3 rings (SSSR count). The molecule has 0 radical (unpaired) electrons. The highest BCUT2D eigenvalue weighted by molar-refractivity contribution is 5.93. The third-order valence-corrected chi connectivity index (χ3v) is 3.84. The molecule has 24 heavy (non-hydrogen) atoms. The molecule has 1 amide bonds. The Bertz CT molecular complexity index is 761. The molecule has 0 spiro atoms. The molecule has 0 bridgehead atoms. The summed E-state index contributed by atoms with van der Waals surface area (Å²) in [6.07, 6.45) is 2.20. The van der Waals surface area contributed by atoms with Crippen LogP contribution in [0.5, 0.6) is 5.75 Å². The zero-order chi connectivity index (χ0) is 16.9. The molecule has 0 saturated carbocycles. The van der Waals surface area contributed by atoms with Crippen LogP contribution in [-0.4, -0.2) is 51.0 Å². The number of aliphatic hydroxyl groups excluding tert-OH is 1. The Hall–Kier alpha value is -2.78. The average molecular weight is 325 g/mol. The Morgan fingerprint density at radius 2 is 2.17 bits per heavy atom. The molecule has 1 N–H and O–H groups in total. The Morgan fingerprint density at radius 1 is 1.38 bits per heavy atom. The number of hydrogen-bond donors (Lipinski definition) is 1. The highest BCUT2D eigenvalue weighted by Crippen LogP contribution is 2.19. The second kappa shape index (κ2) is 7.20. The van der Waals surface area contributed by atoms with Crippen LogP contribution in [0.1, 0.15) is 12.5 Å². The van der Waals surface area contributed by atoms with Crippen LogP contribution in [0.4, 0.5) is 0 Å². The fourth-order valence-corrected chi connectivity index (χ4v) is 2.66. The number of ether oxygens (including phenoxy) is 1. The van der Waals surface area contributed by atoms with Crippen LogP contribution in [0.3, 0.4) is 0 Å². The summed E-state index contributed by atoms with van der Waals surface area (Å²) < 4.78 is 7.56. The van der Waals surface area contributed by atoms with E-state index < -0.39 is 12.2 Å². The summed E-state index contributed by atoms with van der Waals surface area (Å²) in [7, 11) is 0. The van der Waals surface area contributed by atoms with Gasteiger partial charge in [0.2, 0.25) is 0 Å². The topological polar surface area (TPSA) is 67.6 Å². The number of amides is 1. The third kappa shape index (κ3) is 3.76. The van der Waals surface area contributed by atoms with E-state index in [1.165, 1.54) is 4.90 Å². The Kier molecular flexibility index (Phi) is 4.82. The van der Waals surface area contributed by atoms with E-state index >= 15 is 0 Å². The van der Waals surface area contributed by atoms with Gasteiger partial charge in [0.1, 0.15) is 12.2 Å². The van der Waals surface area contributed by atoms with Gasteiger partial charge in [-0.3, -0.25) is 9.48 Å². The van der Waals surface area contributed by atoms with Crippen LogP contribution >= 0.6 is 0 Å². The highest BCUT2D eigenvalue weighted by atomic mass is 16.5. The van der Waals surface area contributed by atoms with Crippen molar-refractivity contribution >= 4 is 5.91 Å². The van der Waals surface area contributed by atoms with Crippen LogP contribution in [0, 0.1) is 11.8 Å². The van der Waals surface area contributed by atoms with Crippen LogP contribution < -0.4 is 4.74 Å². The van der Waals surface area contributed by atoms with Crippen molar-refractivity contribution in [2.24, 2.45) is 0 Å². The van der Waals surface area contributed by atoms with Gasteiger partial charge in [-0.1, -0.05) is 36.3 Å². The standard InChI is InChI=1S/C18H19N3O3/c1-2-6-18(23)20-12-16(22)17(13-20)24-15-9-19-21(11-15)10-14-7-4-3-5-8-14/h3-5,7-9,11,16-17,22H,10,12-13H2,1H3/t16-,17-/m1/s1. The quantitative estimate of drug-likeness (QED) is 0.849. The predicted octanol–water partition coefficient (Wildman–Crippen LogP) is 0.905. The van der Waals surface area contributed by atoms with Crippen molar-refractivity contribution in [3.8, 4) is 17.6 Å². The lowest BCUT2D eigenvalue weighted by molar-refractivity contribution is -0.124. The molecular weight excluding hydrogens is 306 g/mol. The van der Waals surface area contributed by atoms with E-state index in [-0.39, 0.29) is 12.5 Å². The molecule has 2 aromatic rings. The molecule has 2 atom stereocenters. The predicted molar refractivity (Wildman–Crippen MR) is 88.2 cm³/mol. The first-order valence-corrected chi connectivity index (χ1v) is 7.78. The molecule has 1 aliphatic heterocycles. The first-order valence-electron chi connectivity index (χ1n) is 7.78. The van der Waals surface area contributed by atoms with Crippen molar-refractivity contribution in [3.63, 3.8) is 0 Å². The van der Waals surface area contributed by atoms with Gasteiger partial charge in [-0.25, -0.2) is 0 Å². The summed E-state index contributed by atoms with van der Waals surface area (Å²) in [5, 5.41) is 14.4. The number of benzene rings is 1. The monoisotopic (exact) mass is 325 g/mol. The van der Waals surface area contributed by atoms with E-state index in [1.807, 2.05) is 30.3 Å². The summed E-state index contributed by atoms with van der Waals surface area (Å²) >= 11 is 0. The molecule has 1 aromatic heterocycles. The summed E-state index contributed by atoms with van der Waals surface area (Å²) in [4.78, 5) is 13.3. The summed E-state index contributed by atoms with van der Waals surface area (Å²) in [6, 6.07) is 9.99. The molecule has 0 aliphatic carbocycles. The maximum Gasteiger partial charge on any atom is 0.298 e. The van der Waals surface area contributed by atoms with Crippen molar-refractivity contribution in [2.45, 2.75) is 25.7 Å². The van der Waals surface area contributed by atoms with Gasteiger partial charge in [-0.2, -0.15) is 5.10 Å². The Morgan fingerprint density at radius 3 is 2.92 bits per heavy atom. The molecule has 6 nitrogen and oxygen atoms in total. The van der Waals surface area contributed by atoms with Gasteiger partial charge in [0.05, 0.1) is 32.0 Å². The van der Waals surface area contributed by atoms with Gasteiger partial charge in [0, 0.05) is 0 Å². The van der Waals surface area contributed by atoms with Crippen molar-refractivity contribution in [1.82, 2.24) is 14.7 Å². The first-order chi connectivity index (χ1) is 11.7. The van der Waals surface area contributed by atoms with Crippen LogP contribution in [0.2, 0.25) is 0 Å². The Labute approximate surface area is 140 Å². The lowest BCUT2D eigenvalue weighted by Crippen LogP contribution is -2.30. The summed E-state index contributed by atoms with van der Waals surface area (Å²) in [6.45, 7) is 2.81. The summed E-state index contributed by atoms with van der Waals surface area (Å²) in [5.41, 5.74) is 1.14. The van der Waals surface area contributed by atoms with Gasteiger partial charge >= 0.3 is 0 Å². The van der Waals surface area contributed by atoms with Gasteiger partial charge in [-0.05, 0) is 18.4 Å². The van der Waals surface area contributed by atoms with E-state index in [2.05, 4.69) is 16.9 Å². The number of likely N-dealkylation sites (tertiary alicyclic amines) is 1. The molecule has 1 aromatic carbocycles. The lowest BCUT2D eigenvalue weighted by atomic mass is 10.2. The minimum atomic E-state index is -0.731. The summed E-state index contributed by atoms with van der Waals surface area (Å²) in [5.74, 6) is 5.34. The number of aliphatic hydroxyl groups is 1. The first kappa shape index (κ1) is 16.1. The number of nitrogens with zero attached hydrogens (tertiary/aromatic N) is 3. The van der Waals surface area contributed by atoms with Crippen molar-refractivity contribution < 1.29 is 14.6 Å². The van der Waals surface area contributed by atoms with Gasteiger partial charge in [0.15, 0.2) is 5.75 Å². The molecule has 6 heteroatoms. The number of rotatable bonds is 4. The second-order valence-corrected chi connectivity index (χ2v) is 5.67. The zero-order valence-corrected chi connectivity index (χ0v) is 13.4. The maximum atomic E-state index is 11.8. The molecule has 1 fully saturated rings. The molecule has 2 heterocycles. The van der Waals surface area contributed by atoms with E-state index in [9.17, 15) is 9.90 Å². The number of β-amino-alcohol motifs (C(OH)–C–C–N with tert-alkyl or cyclic N) is 1. The molecule has 1 aliphatic rings. The van der Waals surface area contributed by atoms with E-state index in [0.29, 0.717) is 18.8 Å². The zero-order valence-electron chi connectivity index (χ0n) is 13.4. The van der Waals surface area contributed by atoms with Gasteiger partial charge in [0.25, 0.3) is 5.91 Å². The fourth-order valence-electron chi connectivity index (χ4n) is 2.66. The smallest absolute Gasteiger partial charge is 0.298 e. The Balaban J connectivity index is 1.60. The van der Waals surface area contributed by atoms with Crippen LogP contribution in [0.25, 0.3) is 0 Å². The normalized spacial score (nSPS) is 19.7. The molecule has 124 valence electrons. The van der Waals surface area contributed by atoms with Crippen molar-refractivity contribution in [1.29, 1.82) is 0 Å². The third-order valence-electron chi connectivity index (χ3n) is 3.84. The van der Waals surface area contributed by atoms with Gasteiger partial charge in [-0.15, -0.1) is 0 Å². The maximum absolute atomic E-state index is 11.8. The second-order valence-electron chi connectivity index (χ2n) is 5.67. The van der Waals surface area contributed by atoms with E-state index in [1.54, 1.807) is 24.0 Å². The number of carbonyl (C=O) groups excluding carboxylic acids is 1. The number of hydrogen-bond acceptors (Lipinski definition) is 4. The minimum absolute atomic E-state index is 0.232. The highest BCUT2D eigenvalue weighted by Gasteiger charge is 2.35. The van der Waals surface area contributed by atoms with Crippen molar-refractivity contribution in [3.05, 3.63) is 48.3 Å². The van der Waals surface area contributed by atoms with Gasteiger partial charge < -0.3 is 14.7 Å². The van der Waals surface area contributed by atoms with E-state index in [0.717, 1.165) is 5.56 Å². The number of aromatic nitrogens is 2.